The Bertz CT molecular complexity index is 779. The molecule has 5 heteroatoms. The molecule has 0 radical (unpaired) electrons. The van der Waals surface area contributed by atoms with Crippen LogP contribution >= 0.6 is 11.8 Å². The molecule has 0 bridgehead atoms. The summed E-state index contributed by atoms with van der Waals surface area (Å²) in [5.41, 5.74) is 4.50. The summed E-state index contributed by atoms with van der Waals surface area (Å²) in [4.78, 5) is 4.64. The van der Waals surface area contributed by atoms with E-state index in [4.69, 9.17) is 0 Å². The number of fused-ring (bicyclic) bond motifs is 1. The molecule has 4 rings (SSSR count). The first-order valence-electron chi connectivity index (χ1n) is 8.69. The molecule has 2 aliphatic heterocycles. The van der Waals surface area contributed by atoms with E-state index in [2.05, 4.69) is 34.4 Å². The molecule has 1 atom stereocenters. The van der Waals surface area contributed by atoms with Crippen LogP contribution in [-0.4, -0.2) is 30.4 Å². The second-order valence-electron chi connectivity index (χ2n) is 6.69. The average molecular weight is 355 g/mol. The van der Waals surface area contributed by atoms with Crippen molar-refractivity contribution < 1.29 is 4.39 Å². The molecule has 1 aromatic carbocycles. The maximum absolute atomic E-state index is 13.1. The van der Waals surface area contributed by atoms with Gasteiger partial charge in [0.2, 0.25) is 0 Å². The highest BCUT2D eigenvalue weighted by molar-refractivity contribution is 8.14. The molecular weight excluding hydrogens is 333 g/mol. The first kappa shape index (κ1) is 16.6. The molecule has 130 valence electrons. The zero-order valence-corrected chi connectivity index (χ0v) is 15.0. The van der Waals surface area contributed by atoms with Gasteiger partial charge in [-0.3, -0.25) is 4.99 Å². The third-order valence-corrected chi connectivity index (χ3v) is 6.20. The summed E-state index contributed by atoms with van der Waals surface area (Å²) < 4.78 is 13.1. The topological polar surface area (TPSA) is 36.4 Å². The Balaban J connectivity index is 1.58. The number of hydrogen-bond donors (Lipinski definition) is 2. The van der Waals surface area contributed by atoms with E-state index in [0.29, 0.717) is 0 Å². The predicted octanol–water partition coefficient (Wildman–Crippen LogP) is 4.13. The van der Waals surface area contributed by atoms with E-state index in [1.165, 1.54) is 17.7 Å². The van der Waals surface area contributed by atoms with Crippen LogP contribution < -0.4 is 10.6 Å². The first-order valence-corrected chi connectivity index (χ1v) is 9.67. The van der Waals surface area contributed by atoms with Gasteiger partial charge in [0.05, 0.1) is 5.04 Å². The van der Waals surface area contributed by atoms with E-state index in [-0.39, 0.29) is 11.2 Å². The molecular formula is C20H22FN3S. The molecule has 1 unspecified atom stereocenters. The molecule has 0 amide bonds. The van der Waals surface area contributed by atoms with Crippen molar-refractivity contribution in [2.75, 3.05) is 30.7 Å². The smallest absolute Gasteiger partial charge is 0.123 e. The number of aliphatic imine (C=N–C) groups is 1. The second kappa shape index (κ2) is 6.81. The monoisotopic (exact) mass is 355 g/mol. The summed E-state index contributed by atoms with van der Waals surface area (Å²) in [5, 5.41) is 8.07. The third kappa shape index (κ3) is 3.18. The van der Waals surface area contributed by atoms with Crippen LogP contribution in [-0.2, 0) is 0 Å². The van der Waals surface area contributed by atoms with Crippen molar-refractivity contribution >= 4 is 22.5 Å². The average Bonchev–Trinajstić information content (AvgIpc) is 3.17. The molecule has 0 saturated carbocycles. The van der Waals surface area contributed by atoms with Crippen molar-refractivity contribution in [3.8, 4) is 0 Å². The maximum atomic E-state index is 13.1. The zero-order valence-electron chi connectivity index (χ0n) is 14.1. The normalized spacial score (nSPS) is 25.6. The fourth-order valence-corrected chi connectivity index (χ4v) is 4.68. The van der Waals surface area contributed by atoms with E-state index in [1.54, 1.807) is 12.1 Å². The molecule has 1 aromatic rings. The number of anilines is 1. The lowest BCUT2D eigenvalue weighted by Crippen LogP contribution is -2.45. The van der Waals surface area contributed by atoms with E-state index < -0.39 is 0 Å². The lowest BCUT2D eigenvalue weighted by atomic mass is 9.66. The number of piperidine rings is 1. The molecule has 3 nitrogen and oxygen atoms in total. The quantitative estimate of drug-likeness (QED) is 0.852. The Hall–Kier alpha value is -1.85. The van der Waals surface area contributed by atoms with Gasteiger partial charge in [0.25, 0.3) is 0 Å². The van der Waals surface area contributed by atoms with E-state index >= 15 is 0 Å². The van der Waals surface area contributed by atoms with Crippen molar-refractivity contribution in [1.82, 2.24) is 5.32 Å². The molecule has 2 heterocycles. The van der Waals surface area contributed by atoms with Crippen molar-refractivity contribution in [3.63, 3.8) is 0 Å². The van der Waals surface area contributed by atoms with E-state index in [0.717, 1.165) is 60.2 Å². The molecule has 1 saturated heterocycles. The van der Waals surface area contributed by atoms with Crippen LogP contribution in [0.2, 0.25) is 0 Å². The summed E-state index contributed by atoms with van der Waals surface area (Å²) in [6, 6.07) is 6.49. The Morgan fingerprint density at radius 2 is 2.16 bits per heavy atom. The molecule has 0 aromatic heterocycles. The zero-order chi connectivity index (χ0) is 17.3. The largest absolute Gasteiger partial charge is 0.356 e. The van der Waals surface area contributed by atoms with Gasteiger partial charge in [0, 0.05) is 35.6 Å². The number of nitrogens with zero attached hydrogens (tertiary/aromatic N) is 1. The Labute approximate surface area is 152 Å². The van der Waals surface area contributed by atoms with Crippen LogP contribution in [0.1, 0.15) is 12.8 Å². The number of nitrogens with one attached hydrogen (secondary N) is 2. The van der Waals surface area contributed by atoms with Crippen LogP contribution in [0.4, 0.5) is 10.1 Å². The molecule has 25 heavy (non-hydrogen) atoms. The van der Waals surface area contributed by atoms with Crippen LogP contribution in [0, 0.1) is 11.2 Å². The Morgan fingerprint density at radius 1 is 1.32 bits per heavy atom. The second-order valence-corrected chi connectivity index (χ2v) is 7.77. The highest BCUT2D eigenvalue weighted by atomic mass is 32.2. The molecule has 1 fully saturated rings. The number of allylic oxidation sites excluding steroid dienone is 2. The summed E-state index contributed by atoms with van der Waals surface area (Å²) in [6.07, 6.45) is 6.40. The van der Waals surface area contributed by atoms with Crippen LogP contribution in [0.25, 0.3) is 0 Å². The highest BCUT2D eigenvalue weighted by Crippen LogP contribution is 2.47. The van der Waals surface area contributed by atoms with Crippen molar-refractivity contribution in [1.29, 1.82) is 0 Å². The van der Waals surface area contributed by atoms with Crippen LogP contribution in [0.5, 0.6) is 0 Å². The molecule has 2 N–H and O–H groups in total. The van der Waals surface area contributed by atoms with E-state index in [1.807, 2.05) is 11.8 Å². The molecule has 3 aliphatic rings. The summed E-state index contributed by atoms with van der Waals surface area (Å²) in [7, 11) is 0. The van der Waals surface area contributed by atoms with Gasteiger partial charge >= 0.3 is 0 Å². The van der Waals surface area contributed by atoms with Crippen LogP contribution in [0.15, 0.2) is 64.8 Å². The highest BCUT2D eigenvalue weighted by Gasteiger charge is 2.42. The predicted molar refractivity (Wildman–Crippen MR) is 105 cm³/mol. The van der Waals surface area contributed by atoms with Crippen LogP contribution in [0.3, 0.4) is 0 Å². The van der Waals surface area contributed by atoms with Crippen molar-refractivity contribution in [2.24, 2.45) is 10.4 Å². The van der Waals surface area contributed by atoms with Gasteiger partial charge in [-0.15, -0.1) is 11.8 Å². The number of rotatable bonds is 4. The third-order valence-electron chi connectivity index (χ3n) is 5.17. The fourth-order valence-electron chi connectivity index (χ4n) is 3.76. The standard InChI is InChI=1S/C20H22FN3S/c1-14(19-23-10-11-25-19)20-8-6-18(12-15(20)7-9-22-13-20)24-17-4-2-16(21)3-5-17/h2-6,12,22,24H,1,7-11,13H2. The molecule has 1 aliphatic carbocycles. The fraction of sp³-hybridized carbons (Fsp3) is 0.350. The minimum Gasteiger partial charge on any atom is -0.356 e. The van der Waals surface area contributed by atoms with Gasteiger partial charge < -0.3 is 10.6 Å². The lowest BCUT2D eigenvalue weighted by Gasteiger charge is -2.43. The van der Waals surface area contributed by atoms with Gasteiger partial charge in [-0.1, -0.05) is 18.2 Å². The van der Waals surface area contributed by atoms with Gasteiger partial charge in [0.15, 0.2) is 0 Å². The Morgan fingerprint density at radius 3 is 2.92 bits per heavy atom. The van der Waals surface area contributed by atoms with Gasteiger partial charge in [0.1, 0.15) is 5.82 Å². The number of hydrogen-bond acceptors (Lipinski definition) is 4. The Kier molecular flexibility index (Phi) is 4.52. The number of thioether (sulfide) groups is 1. The molecule has 0 spiro atoms. The van der Waals surface area contributed by atoms with E-state index in [9.17, 15) is 4.39 Å². The number of halogens is 1. The summed E-state index contributed by atoms with van der Waals surface area (Å²) in [5.74, 6) is 0.842. The lowest BCUT2D eigenvalue weighted by molar-refractivity contribution is 0.358. The SMILES string of the molecule is C=C(C1=NCCS1)C12CC=C(Nc3ccc(F)cc3)C=C1CCNC2. The minimum absolute atomic E-state index is 0.0532. The summed E-state index contributed by atoms with van der Waals surface area (Å²) >= 11 is 1.82. The van der Waals surface area contributed by atoms with Gasteiger partial charge in [-0.05, 0) is 55.3 Å². The summed E-state index contributed by atoms with van der Waals surface area (Å²) in [6.45, 7) is 7.23. The van der Waals surface area contributed by atoms with Crippen molar-refractivity contribution in [2.45, 2.75) is 12.8 Å². The minimum atomic E-state index is -0.218. The maximum Gasteiger partial charge on any atom is 0.123 e. The van der Waals surface area contributed by atoms with Gasteiger partial charge in [-0.25, -0.2) is 4.39 Å². The van der Waals surface area contributed by atoms with Gasteiger partial charge in [-0.2, -0.15) is 0 Å². The first-order chi connectivity index (χ1) is 12.2. The number of benzene rings is 1. The van der Waals surface area contributed by atoms with Crippen molar-refractivity contribution in [3.05, 3.63) is 65.7 Å².